The molecule has 0 spiro atoms. The number of para-hydroxylation sites is 1. The molecule has 0 aliphatic rings. The summed E-state index contributed by atoms with van der Waals surface area (Å²) in [5, 5.41) is 19.2. The lowest BCUT2D eigenvalue weighted by molar-refractivity contribution is -0.144. The predicted octanol–water partition coefficient (Wildman–Crippen LogP) is 1.14. The van der Waals surface area contributed by atoms with E-state index in [1.54, 1.807) is 42.2 Å². The summed E-state index contributed by atoms with van der Waals surface area (Å²) in [7, 11) is 1.79. The maximum absolute atomic E-state index is 11.8. The molecule has 0 radical (unpaired) electrons. The number of carbonyl (C=O) groups is 2. The van der Waals surface area contributed by atoms with Crippen LogP contribution in [0.25, 0.3) is 11.4 Å². The number of hydrogen-bond donors (Lipinski definition) is 2. The van der Waals surface area contributed by atoms with Crippen LogP contribution in [0.3, 0.4) is 0 Å². The molecule has 1 heterocycles. The molecule has 1 aromatic heterocycles. The molecule has 0 aliphatic carbocycles. The fourth-order valence-corrected chi connectivity index (χ4v) is 1.67. The van der Waals surface area contributed by atoms with Crippen LogP contribution in [0.5, 0.6) is 0 Å². The van der Waals surface area contributed by atoms with E-state index in [2.05, 4.69) is 15.5 Å². The molecule has 0 saturated heterocycles. The smallest absolute Gasteiger partial charge is 0.315 e. The number of aromatic nitrogens is 3. The van der Waals surface area contributed by atoms with Crippen LogP contribution in [0, 0.1) is 5.92 Å². The van der Waals surface area contributed by atoms with Gasteiger partial charge in [-0.05, 0) is 19.1 Å². The number of carbonyl (C=O) groups excluding carboxylic acids is 1. The number of carboxylic acid groups (broad SMARTS) is 1. The van der Waals surface area contributed by atoms with Crippen LogP contribution in [0.4, 0.5) is 5.69 Å². The molecule has 1 atom stereocenters. The van der Waals surface area contributed by atoms with Gasteiger partial charge < -0.3 is 15.0 Å². The third-order valence-electron chi connectivity index (χ3n) is 2.90. The average Bonchev–Trinajstić information content (AvgIpc) is 2.84. The molecular weight excluding hydrogens is 260 g/mol. The molecule has 20 heavy (non-hydrogen) atoms. The van der Waals surface area contributed by atoms with Crippen LogP contribution in [0.1, 0.15) is 6.92 Å². The third-order valence-corrected chi connectivity index (χ3v) is 2.90. The highest BCUT2D eigenvalue weighted by atomic mass is 16.4. The highest BCUT2D eigenvalue weighted by Gasteiger charge is 2.21. The Morgan fingerprint density at radius 2 is 2.05 bits per heavy atom. The second-order valence-corrected chi connectivity index (χ2v) is 4.36. The number of amides is 1. The van der Waals surface area contributed by atoms with Gasteiger partial charge in [0, 0.05) is 12.6 Å². The third kappa shape index (κ3) is 2.66. The molecule has 7 nitrogen and oxygen atoms in total. The molecule has 7 heteroatoms. The Balaban J connectivity index is 2.32. The largest absolute Gasteiger partial charge is 0.481 e. The lowest BCUT2D eigenvalue weighted by atomic mass is 10.1. The van der Waals surface area contributed by atoms with E-state index in [0.717, 1.165) is 0 Å². The van der Waals surface area contributed by atoms with E-state index in [9.17, 15) is 9.59 Å². The van der Waals surface area contributed by atoms with Crippen molar-refractivity contribution in [2.45, 2.75) is 6.92 Å². The Labute approximate surface area is 115 Å². The Morgan fingerprint density at radius 1 is 1.35 bits per heavy atom. The number of carboxylic acids is 1. The van der Waals surface area contributed by atoms with E-state index in [0.29, 0.717) is 17.1 Å². The van der Waals surface area contributed by atoms with Crippen LogP contribution in [-0.4, -0.2) is 31.7 Å². The van der Waals surface area contributed by atoms with Crippen LogP contribution in [-0.2, 0) is 16.6 Å². The molecule has 104 valence electrons. The zero-order valence-electron chi connectivity index (χ0n) is 11.1. The van der Waals surface area contributed by atoms with E-state index in [4.69, 9.17) is 5.11 Å². The number of nitrogens with zero attached hydrogens (tertiary/aromatic N) is 3. The number of benzene rings is 1. The van der Waals surface area contributed by atoms with Gasteiger partial charge in [0.25, 0.3) is 0 Å². The lowest BCUT2D eigenvalue weighted by Gasteiger charge is -2.12. The van der Waals surface area contributed by atoms with Crippen molar-refractivity contribution in [3.05, 3.63) is 30.6 Å². The number of nitrogens with one attached hydrogen (secondary N) is 1. The minimum Gasteiger partial charge on any atom is -0.481 e. The van der Waals surface area contributed by atoms with Gasteiger partial charge in [-0.1, -0.05) is 12.1 Å². The number of hydrogen-bond acceptors (Lipinski definition) is 4. The molecule has 2 N–H and O–H groups in total. The van der Waals surface area contributed by atoms with E-state index in [-0.39, 0.29) is 0 Å². The van der Waals surface area contributed by atoms with Crippen molar-refractivity contribution >= 4 is 17.6 Å². The van der Waals surface area contributed by atoms with Gasteiger partial charge in [-0.2, -0.15) is 0 Å². The van der Waals surface area contributed by atoms with Crippen molar-refractivity contribution in [3.63, 3.8) is 0 Å². The van der Waals surface area contributed by atoms with E-state index in [1.165, 1.54) is 6.92 Å². The first-order chi connectivity index (χ1) is 9.50. The molecule has 2 rings (SSSR count). The van der Waals surface area contributed by atoms with Crippen molar-refractivity contribution in [3.8, 4) is 11.4 Å². The first kappa shape index (κ1) is 13.7. The molecule has 0 aliphatic heterocycles. The standard InChI is InChI=1S/C13H14N4O3/c1-8(13(19)20)12(18)15-10-6-4-3-5-9(10)11-16-14-7-17(11)2/h3-8H,1-2H3,(H,15,18)(H,19,20). The molecule has 0 saturated carbocycles. The highest BCUT2D eigenvalue weighted by molar-refractivity contribution is 6.05. The summed E-state index contributed by atoms with van der Waals surface area (Å²) in [5.41, 5.74) is 1.18. The highest BCUT2D eigenvalue weighted by Crippen LogP contribution is 2.25. The Kier molecular flexibility index (Phi) is 3.79. The minimum atomic E-state index is -1.17. The second kappa shape index (κ2) is 5.52. The Hall–Kier alpha value is -2.70. The summed E-state index contributed by atoms with van der Waals surface area (Å²) >= 11 is 0. The van der Waals surface area contributed by atoms with E-state index < -0.39 is 17.8 Å². The van der Waals surface area contributed by atoms with Gasteiger partial charge in [0.1, 0.15) is 12.2 Å². The summed E-state index contributed by atoms with van der Waals surface area (Å²) in [6.45, 7) is 1.34. The first-order valence-corrected chi connectivity index (χ1v) is 5.97. The summed E-state index contributed by atoms with van der Waals surface area (Å²) in [6, 6.07) is 7.03. The normalized spacial score (nSPS) is 11.9. The molecule has 1 aromatic carbocycles. The van der Waals surface area contributed by atoms with Crippen molar-refractivity contribution in [2.75, 3.05) is 5.32 Å². The topological polar surface area (TPSA) is 97.1 Å². The molecule has 0 fully saturated rings. The number of anilines is 1. The van der Waals surface area contributed by atoms with Crippen LogP contribution >= 0.6 is 0 Å². The fourth-order valence-electron chi connectivity index (χ4n) is 1.67. The average molecular weight is 274 g/mol. The van der Waals surface area contributed by atoms with E-state index >= 15 is 0 Å². The quantitative estimate of drug-likeness (QED) is 0.815. The van der Waals surface area contributed by atoms with Gasteiger partial charge in [0.05, 0.1) is 5.69 Å². The molecule has 2 aromatic rings. The van der Waals surface area contributed by atoms with Gasteiger partial charge in [0.15, 0.2) is 5.82 Å². The zero-order chi connectivity index (χ0) is 14.7. The Bertz CT molecular complexity index is 651. The fraction of sp³-hybridized carbons (Fsp3) is 0.231. The maximum Gasteiger partial charge on any atom is 0.315 e. The van der Waals surface area contributed by atoms with Gasteiger partial charge in [-0.25, -0.2) is 0 Å². The predicted molar refractivity (Wildman–Crippen MR) is 71.9 cm³/mol. The SMILES string of the molecule is CC(C(=O)O)C(=O)Nc1ccccc1-c1nncn1C. The lowest BCUT2D eigenvalue weighted by Crippen LogP contribution is -2.27. The van der Waals surface area contributed by atoms with Gasteiger partial charge in [-0.3, -0.25) is 9.59 Å². The van der Waals surface area contributed by atoms with Crippen LogP contribution < -0.4 is 5.32 Å². The van der Waals surface area contributed by atoms with Gasteiger partial charge in [-0.15, -0.1) is 10.2 Å². The number of aryl methyl sites for hydroxylation is 1. The van der Waals surface area contributed by atoms with Gasteiger partial charge in [0.2, 0.25) is 5.91 Å². The molecule has 1 unspecified atom stereocenters. The molecule has 1 amide bonds. The van der Waals surface area contributed by atoms with Crippen LogP contribution in [0.2, 0.25) is 0 Å². The summed E-state index contributed by atoms with van der Waals surface area (Å²) < 4.78 is 1.71. The number of rotatable bonds is 4. The zero-order valence-corrected chi connectivity index (χ0v) is 11.1. The summed E-state index contributed by atoms with van der Waals surface area (Å²) in [6.07, 6.45) is 1.55. The second-order valence-electron chi connectivity index (χ2n) is 4.36. The first-order valence-electron chi connectivity index (χ1n) is 5.97. The van der Waals surface area contributed by atoms with Crippen molar-refractivity contribution < 1.29 is 14.7 Å². The van der Waals surface area contributed by atoms with Gasteiger partial charge >= 0.3 is 5.97 Å². The van der Waals surface area contributed by atoms with Crippen molar-refractivity contribution in [1.82, 2.24) is 14.8 Å². The van der Waals surface area contributed by atoms with Crippen molar-refractivity contribution in [2.24, 2.45) is 13.0 Å². The monoisotopic (exact) mass is 274 g/mol. The number of aliphatic carboxylic acids is 1. The van der Waals surface area contributed by atoms with E-state index in [1.807, 2.05) is 0 Å². The summed E-state index contributed by atoms with van der Waals surface area (Å²) in [4.78, 5) is 22.6. The maximum atomic E-state index is 11.8. The Morgan fingerprint density at radius 3 is 2.65 bits per heavy atom. The van der Waals surface area contributed by atoms with Crippen molar-refractivity contribution in [1.29, 1.82) is 0 Å². The minimum absolute atomic E-state index is 0.502. The van der Waals surface area contributed by atoms with Crippen LogP contribution in [0.15, 0.2) is 30.6 Å². The molecule has 0 bridgehead atoms. The molecular formula is C13H14N4O3. The summed E-state index contributed by atoms with van der Waals surface area (Å²) in [5.74, 6) is -2.28.